The molecule has 2 saturated heterocycles. The Morgan fingerprint density at radius 3 is 2.42 bits per heavy atom. The summed E-state index contributed by atoms with van der Waals surface area (Å²) < 4.78 is 32.3. The summed E-state index contributed by atoms with van der Waals surface area (Å²) in [6.07, 6.45) is 0.310. The van der Waals surface area contributed by atoms with Gasteiger partial charge in [0.1, 0.15) is 6.04 Å². The molecule has 24 heavy (non-hydrogen) atoms. The van der Waals surface area contributed by atoms with E-state index in [4.69, 9.17) is 27.9 Å². The van der Waals surface area contributed by atoms with Crippen molar-refractivity contribution in [2.75, 3.05) is 32.8 Å². The van der Waals surface area contributed by atoms with E-state index in [1.54, 1.807) is 4.90 Å². The Labute approximate surface area is 151 Å². The van der Waals surface area contributed by atoms with Gasteiger partial charge >= 0.3 is 0 Å². The van der Waals surface area contributed by atoms with Crippen molar-refractivity contribution in [1.29, 1.82) is 0 Å². The second kappa shape index (κ2) is 7.17. The maximum absolute atomic E-state index is 12.9. The minimum absolute atomic E-state index is 0.109. The van der Waals surface area contributed by atoms with Crippen LogP contribution in [0.5, 0.6) is 0 Å². The van der Waals surface area contributed by atoms with E-state index in [9.17, 15) is 13.2 Å². The molecule has 0 aliphatic carbocycles. The van der Waals surface area contributed by atoms with Crippen molar-refractivity contribution in [2.45, 2.75) is 22.7 Å². The molecule has 2 atom stereocenters. The van der Waals surface area contributed by atoms with Gasteiger partial charge in [0.25, 0.3) is 0 Å². The van der Waals surface area contributed by atoms with Crippen LogP contribution < -0.4 is 0 Å². The van der Waals surface area contributed by atoms with Crippen LogP contribution in [-0.2, 0) is 19.6 Å². The molecule has 1 aromatic rings. The lowest BCUT2D eigenvalue weighted by Gasteiger charge is -2.32. The Morgan fingerprint density at radius 2 is 1.79 bits per heavy atom. The molecule has 0 unspecified atom stereocenters. The zero-order valence-electron chi connectivity index (χ0n) is 12.9. The maximum Gasteiger partial charge on any atom is 0.243 e. The largest absolute Gasteiger partial charge is 0.378 e. The maximum atomic E-state index is 12.9. The third-order valence-electron chi connectivity index (χ3n) is 4.23. The van der Waals surface area contributed by atoms with Crippen molar-refractivity contribution in [3.63, 3.8) is 0 Å². The van der Waals surface area contributed by atoms with E-state index in [1.165, 1.54) is 28.6 Å². The van der Waals surface area contributed by atoms with Crippen molar-refractivity contribution < 1.29 is 17.9 Å². The fourth-order valence-electron chi connectivity index (χ4n) is 2.98. The Morgan fingerprint density at radius 1 is 1.17 bits per heavy atom. The van der Waals surface area contributed by atoms with Crippen LogP contribution in [0.4, 0.5) is 0 Å². The Hall–Kier alpha value is -0.860. The first-order chi connectivity index (χ1) is 11.4. The van der Waals surface area contributed by atoms with Crippen molar-refractivity contribution >= 4 is 39.1 Å². The summed E-state index contributed by atoms with van der Waals surface area (Å²) in [4.78, 5) is 14.5. The number of carbonyl (C=O) groups excluding carboxylic acids is 1. The molecule has 1 aromatic carbocycles. The van der Waals surface area contributed by atoms with Crippen LogP contribution in [0.1, 0.15) is 6.42 Å². The van der Waals surface area contributed by atoms with Crippen LogP contribution >= 0.6 is 23.2 Å². The van der Waals surface area contributed by atoms with Gasteiger partial charge in [-0.2, -0.15) is 4.31 Å². The highest BCUT2D eigenvalue weighted by Gasteiger charge is 2.44. The fraction of sp³-hybridized carbons (Fsp3) is 0.533. The smallest absolute Gasteiger partial charge is 0.243 e. The Balaban J connectivity index is 1.86. The molecule has 2 aliphatic heterocycles. The standard InChI is InChI=1S/C15H18Cl2N2O4S/c16-11-1-3-13(4-2-11)24(21,22)19-10-12(17)9-14(19)15(20)18-5-7-23-8-6-18/h1-4,12,14H,5-10H2/t12-,14-/m0/s1. The normalized spacial score (nSPS) is 25.8. The van der Waals surface area contributed by atoms with E-state index in [2.05, 4.69) is 0 Å². The van der Waals surface area contributed by atoms with E-state index < -0.39 is 16.1 Å². The van der Waals surface area contributed by atoms with Gasteiger partial charge in [0.05, 0.1) is 18.1 Å². The first kappa shape index (κ1) is 17.9. The summed E-state index contributed by atoms with van der Waals surface area (Å²) >= 11 is 12.0. The molecule has 0 bridgehead atoms. The lowest BCUT2D eigenvalue weighted by molar-refractivity contribution is -0.138. The van der Waals surface area contributed by atoms with E-state index >= 15 is 0 Å². The van der Waals surface area contributed by atoms with Crippen LogP contribution in [0, 0.1) is 0 Å². The molecular weight excluding hydrogens is 375 g/mol. The van der Waals surface area contributed by atoms with Crippen molar-refractivity contribution in [1.82, 2.24) is 9.21 Å². The van der Waals surface area contributed by atoms with Crippen LogP contribution in [-0.4, -0.2) is 67.8 Å². The lowest BCUT2D eigenvalue weighted by Crippen LogP contribution is -2.50. The molecule has 1 amide bonds. The number of halogens is 2. The van der Waals surface area contributed by atoms with Crippen LogP contribution in [0.2, 0.25) is 5.02 Å². The molecule has 0 aromatic heterocycles. The molecule has 2 aliphatic rings. The number of morpholine rings is 1. The molecule has 0 spiro atoms. The minimum atomic E-state index is -3.81. The molecule has 0 saturated carbocycles. The molecule has 3 rings (SSSR count). The lowest BCUT2D eigenvalue weighted by atomic mass is 10.2. The van der Waals surface area contributed by atoms with Gasteiger partial charge in [0, 0.05) is 30.0 Å². The number of ether oxygens (including phenoxy) is 1. The third-order valence-corrected chi connectivity index (χ3v) is 6.69. The average molecular weight is 393 g/mol. The van der Waals surface area contributed by atoms with E-state index in [0.717, 1.165) is 0 Å². The molecule has 0 radical (unpaired) electrons. The predicted octanol–water partition coefficient (Wildman–Crippen LogP) is 1.57. The summed E-state index contributed by atoms with van der Waals surface area (Å²) in [6, 6.07) is 5.14. The quantitative estimate of drug-likeness (QED) is 0.732. The first-order valence-electron chi connectivity index (χ1n) is 7.67. The third kappa shape index (κ3) is 3.55. The average Bonchev–Trinajstić information content (AvgIpc) is 2.98. The summed E-state index contributed by atoms with van der Waals surface area (Å²) in [6.45, 7) is 1.99. The second-order valence-corrected chi connectivity index (χ2v) is 8.76. The van der Waals surface area contributed by atoms with Gasteiger partial charge in [-0.1, -0.05) is 11.6 Å². The summed E-state index contributed by atoms with van der Waals surface area (Å²) in [7, 11) is -3.81. The number of nitrogens with zero attached hydrogens (tertiary/aromatic N) is 2. The predicted molar refractivity (Wildman–Crippen MR) is 90.8 cm³/mol. The number of hydrogen-bond acceptors (Lipinski definition) is 4. The number of rotatable bonds is 3. The van der Waals surface area contributed by atoms with Crippen LogP contribution in [0.3, 0.4) is 0 Å². The highest BCUT2D eigenvalue weighted by Crippen LogP contribution is 2.30. The topological polar surface area (TPSA) is 66.9 Å². The summed E-state index contributed by atoms with van der Waals surface area (Å²) in [5, 5.41) is 0.0635. The van der Waals surface area contributed by atoms with E-state index in [1.807, 2.05) is 0 Å². The highest BCUT2D eigenvalue weighted by molar-refractivity contribution is 7.89. The van der Waals surface area contributed by atoms with Gasteiger partial charge in [0.15, 0.2) is 0 Å². The van der Waals surface area contributed by atoms with Crippen LogP contribution in [0.25, 0.3) is 0 Å². The van der Waals surface area contributed by atoms with E-state index in [-0.39, 0.29) is 22.7 Å². The number of alkyl halides is 1. The van der Waals surface area contributed by atoms with Gasteiger partial charge in [-0.25, -0.2) is 8.42 Å². The molecule has 2 heterocycles. The molecule has 132 valence electrons. The fourth-order valence-corrected chi connectivity index (χ4v) is 5.15. The molecule has 6 nitrogen and oxygen atoms in total. The highest BCUT2D eigenvalue weighted by atomic mass is 35.5. The number of hydrogen-bond donors (Lipinski definition) is 0. The monoisotopic (exact) mass is 392 g/mol. The Bertz CT molecular complexity index is 705. The van der Waals surface area contributed by atoms with Gasteiger partial charge in [-0.3, -0.25) is 4.79 Å². The van der Waals surface area contributed by atoms with Gasteiger partial charge in [-0.15, -0.1) is 11.6 Å². The summed E-state index contributed by atoms with van der Waals surface area (Å²) in [5.74, 6) is -0.209. The number of sulfonamides is 1. The van der Waals surface area contributed by atoms with Crippen molar-refractivity contribution in [2.24, 2.45) is 0 Å². The van der Waals surface area contributed by atoms with E-state index in [0.29, 0.717) is 37.7 Å². The van der Waals surface area contributed by atoms with Gasteiger partial charge in [0.2, 0.25) is 15.9 Å². The molecular formula is C15H18Cl2N2O4S. The van der Waals surface area contributed by atoms with Crippen molar-refractivity contribution in [3.8, 4) is 0 Å². The SMILES string of the molecule is O=C([C@@H]1C[C@H](Cl)CN1S(=O)(=O)c1ccc(Cl)cc1)N1CCOCC1. The molecule has 9 heteroatoms. The zero-order valence-corrected chi connectivity index (χ0v) is 15.2. The summed E-state index contributed by atoms with van der Waals surface area (Å²) in [5.41, 5.74) is 0. The number of benzene rings is 1. The second-order valence-electron chi connectivity index (χ2n) is 5.82. The number of carbonyl (C=O) groups is 1. The van der Waals surface area contributed by atoms with Gasteiger partial charge in [-0.05, 0) is 30.7 Å². The minimum Gasteiger partial charge on any atom is -0.378 e. The number of amides is 1. The first-order valence-corrected chi connectivity index (χ1v) is 9.93. The van der Waals surface area contributed by atoms with Crippen molar-refractivity contribution in [3.05, 3.63) is 29.3 Å². The molecule has 2 fully saturated rings. The molecule has 0 N–H and O–H groups in total. The van der Waals surface area contributed by atoms with Crippen LogP contribution in [0.15, 0.2) is 29.2 Å². The Kier molecular flexibility index (Phi) is 5.36. The van der Waals surface area contributed by atoms with Gasteiger partial charge < -0.3 is 9.64 Å². The zero-order chi connectivity index (χ0) is 17.3.